The average molecular weight is 191 g/mol. The summed E-state index contributed by atoms with van der Waals surface area (Å²) in [6.45, 7) is 0. The molecule has 0 bridgehead atoms. The van der Waals surface area contributed by atoms with Crippen LogP contribution in [0.3, 0.4) is 0 Å². The Labute approximate surface area is 78.8 Å². The molecule has 0 aromatic carbocycles. The van der Waals surface area contributed by atoms with Gasteiger partial charge in [-0.2, -0.15) is 0 Å². The molecule has 0 saturated carbocycles. The van der Waals surface area contributed by atoms with Gasteiger partial charge in [0.2, 0.25) is 5.82 Å². The number of nitrogens with zero attached hydrogens (tertiary/aromatic N) is 2. The van der Waals surface area contributed by atoms with Crippen molar-refractivity contribution < 1.29 is 14.7 Å². The van der Waals surface area contributed by atoms with Crippen LogP contribution < -0.4 is 5.73 Å². The molecule has 0 aliphatic rings. The lowest BCUT2D eigenvalue weighted by molar-refractivity contribution is -0.112. The number of aromatic carboxylic acids is 1. The molecule has 3 N–H and O–H groups in total. The summed E-state index contributed by atoms with van der Waals surface area (Å²) in [4.78, 5) is 27.6. The average Bonchev–Trinajstić information content (AvgIpc) is 2.15. The predicted octanol–water partition coefficient (Wildman–Crippen LogP) is -0.988. The SMILES string of the molecule is NC(=O)C#Cc1cnc(C(=O)O)nc1. The molecule has 70 valence electrons. The first-order valence-corrected chi connectivity index (χ1v) is 3.46. The highest BCUT2D eigenvalue weighted by Crippen LogP contribution is 1.93. The summed E-state index contributed by atoms with van der Waals surface area (Å²) >= 11 is 0. The molecule has 1 rings (SSSR count). The minimum Gasteiger partial charge on any atom is -0.475 e. The van der Waals surface area contributed by atoms with Crippen LogP contribution in [0.15, 0.2) is 12.4 Å². The van der Waals surface area contributed by atoms with Crippen molar-refractivity contribution in [2.45, 2.75) is 0 Å². The maximum absolute atomic E-state index is 10.3. The van der Waals surface area contributed by atoms with Crippen LogP contribution in [0.2, 0.25) is 0 Å². The van der Waals surface area contributed by atoms with Gasteiger partial charge in [0.15, 0.2) is 0 Å². The maximum Gasteiger partial charge on any atom is 0.373 e. The van der Waals surface area contributed by atoms with E-state index in [1.54, 1.807) is 0 Å². The zero-order valence-corrected chi connectivity index (χ0v) is 6.89. The van der Waals surface area contributed by atoms with Crippen LogP contribution in [0.25, 0.3) is 0 Å². The van der Waals surface area contributed by atoms with E-state index in [0.717, 1.165) is 0 Å². The van der Waals surface area contributed by atoms with Gasteiger partial charge in [-0.3, -0.25) is 4.79 Å². The normalized spacial score (nSPS) is 8.57. The first kappa shape index (κ1) is 9.67. The Morgan fingerprint density at radius 1 is 1.36 bits per heavy atom. The number of hydrogen-bond donors (Lipinski definition) is 2. The summed E-state index contributed by atoms with van der Waals surface area (Å²) in [5.74, 6) is 2.12. The summed E-state index contributed by atoms with van der Waals surface area (Å²) in [7, 11) is 0. The number of amides is 1. The van der Waals surface area contributed by atoms with Crippen molar-refractivity contribution in [1.82, 2.24) is 9.97 Å². The molecule has 14 heavy (non-hydrogen) atoms. The van der Waals surface area contributed by atoms with E-state index >= 15 is 0 Å². The quantitative estimate of drug-likeness (QED) is 0.554. The highest BCUT2D eigenvalue weighted by Gasteiger charge is 2.04. The van der Waals surface area contributed by atoms with E-state index in [2.05, 4.69) is 21.8 Å². The molecule has 0 saturated heterocycles. The van der Waals surface area contributed by atoms with Crippen molar-refractivity contribution >= 4 is 11.9 Å². The molecule has 0 fully saturated rings. The number of primary amides is 1. The Hall–Kier alpha value is -2.42. The van der Waals surface area contributed by atoms with Gasteiger partial charge in [0.25, 0.3) is 5.91 Å². The van der Waals surface area contributed by atoms with E-state index in [-0.39, 0.29) is 5.82 Å². The van der Waals surface area contributed by atoms with Gasteiger partial charge in [-0.05, 0) is 0 Å². The summed E-state index contributed by atoms with van der Waals surface area (Å²) in [5.41, 5.74) is 5.10. The fourth-order valence-corrected chi connectivity index (χ4v) is 0.637. The fraction of sp³-hybridized carbons (Fsp3) is 0. The topological polar surface area (TPSA) is 106 Å². The molecule has 1 aromatic rings. The molecule has 0 aliphatic carbocycles. The van der Waals surface area contributed by atoms with Crippen molar-refractivity contribution in [3.8, 4) is 11.8 Å². The lowest BCUT2D eigenvalue weighted by Gasteiger charge is -1.91. The van der Waals surface area contributed by atoms with Crippen LogP contribution in [-0.2, 0) is 4.79 Å². The summed E-state index contributed by atoms with van der Waals surface area (Å²) in [6, 6.07) is 0. The Balaban J connectivity index is 2.91. The summed E-state index contributed by atoms with van der Waals surface area (Å²) < 4.78 is 0. The number of rotatable bonds is 1. The van der Waals surface area contributed by atoms with Gasteiger partial charge in [0.05, 0.1) is 5.56 Å². The number of hydrogen-bond acceptors (Lipinski definition) is 4. The van der Waals surface area contributed by atoms with E-state index in [4.69, 9.17) is 10.8 Å². The van der Waals surface area contributed by atoms with Crippen molar-refractivity contribution in [2.24, 2.45) is 5.73 Å². The maximum atomic E-state index is 10.3. The third-order valence-corrected chi connectivity index (χ3v) is 1.17. The third-order valence-electron chi connectivity index (χ3n) is 1.17. The number of nitrogens with two attached hydrogens (primary N) is 1. The third kappa shape index (κ3) is 2.57. The van der Waals surface area contributed by atoms with Gasteiger partial charge in [-0.25, -0.2) is 14.8 Å². The van der Waals surface area contributed by atoms with Gasteiger partial charge in [-0.15, -0.1) is 0 Å². The number of carbonyl (C=O) groups is 2. The van der Waals surface area contributed by atoms with E-state index in [1.807, 2.05) is 0 Å². The van der Waals surface area contributed by atoms with Crippen LogP contribution in [-0.4, -0.2) is 27.0 Å². The highest BCUT2D eigenvalue weighted by atomic mass is 16.4. The second kappa shape index (κ2) is 4.00. The molecule has 6 heteroatoms. The molecule has 1 heterocycles. The largest absolute Gasteiger partial charge is 0.475 e. The monoisotopic (exact) mass is 191 g/mol. The Morgan fingerprint density at radius 3 is 2.36 bits per heavy atom. The predicted molar refractivity (Wildman–Crippen MR) is 45.1 cm³/mol. The van der Waals surface area contributed by atoms with Gasteiger partial charge in [0.1, 0.15) is 0 Å². The van der Waals surface area contributed by atoms with Crippen LogP contribution >= 0.6 is 0 Å². The zero-order valence-electron chi connectivity index (χ0n) is 6.89. The summed E-state index contributed by atoms with van der Waals surface area (Å²) in [5, 5.41) is 8.46. The minimum atomic E-state index is -1.22. The van der Waals surface area contributed by atoms with Gasteiger partial charge >= 0.3 is 5.97 Å². The van der Waals surface area contributed by atoms with Crippen molar-refractivity contribution in [3.63, 3.8) is 0 Å². The first-order chi connectivity index (χ1) is 6.59. The lowest BCUT2D eigenvalue weighted by Crippen LogP contribution is -2.06. The molecular formula is C8H5N3O3. The molecular weight excluding hydrogens is 186 g/mol. The molecule has 6 nitrogen and oxygen atoms in total. The molecule has 0 aliphatic heterocycles. The first-order valence-electron chi connectivity index (χ1n) is 3.46. The van der Waals surface area contributed by atoms with Crippen molar-refractivity contribution in [1.29, 1.82) is 0 Å². The zero-order chi connectivity index (χ0) is 10.6. The standard InChI is InChI=1S/C8H5N3O3/c9-6(12)2-1-5-3-10-7(8(13)14)11-4-5/h3-4H,(H2,9,12)(H,13,14). The highest BCUT2D eigenvalue weighted by molar-refractivity contribution is 5.92. The van der Waals surface area contributed by atoms with Crippen molar-refractivity contribution in [3.05, 3.63) is 23.8 Å². The second-order valence-electron chi connectivity index (χ2n) is 2.21. The molecule has 1 aromatic heterocycles. The van der Waals surface area contributed by atoms with Gasteiger partial charge < -0.3 is 10.8 Å². The smallest absolute Gasteiger partial charge is 0.373 e. The van der Waals surface area contributed by atoms with E-state index in [9.17, 15) is 9.59 Å². The van der Waals surface area contributed by atoms with Gasteiger partial charge in [0, 0.05) is 18.3 Å². The molecule has 0 unspecified atom stereocenters. The molecule has 0 spiro atoms. The van der Waals surface area contributed by atoms with Gasteiger partial charge in [-0.1, -0.05) is 5.92 Å². The Bertz CT molecular complexity index is 427. The fourth-order valence-electron chi connectivity index (χ4n) is 0.637. The number of carboxylic acid groups (broad SMARTS) is 1. The lowest BCUT2D eigenvalue weighted by atomic mass is 10.3. The number of carbonyl (C=O) groups excluding carboxylic acids is 1. The Kier molecular flexibility index (Phi) is 2.76. The Morgan fingerprint density at radius 2 is 1.93 bits per heavy atom. The van der Waals surface area contributed by atoms with Crippen LogP contribution in [0.1, 0.15) is 16.2 Å². The van der Waals surface area contributed by atoms with Crippen LogP contribution in [0, 0.1) is 11.8 Å². The molecule has 1 amide bonds. The van der Waals surface area contributed by atoms with E-state index in [1.165, 1.54) is 12.4 Å². The second-order valence-corrected chi connectivity index (χ2v) is 2.21. The van der Waals surface area contributed by atoms with E-state index in [0.29, 0.717) is 5.56 Å². The summed E-state index contributed by atoms with van der Waals surface area (Å²) in [6.07, 6.45) is 2.40. The number of carboxylic acids is 1. The van der Waals surface area contributed by atoms with E-state index < -0.39 is 11.9 Å². The minimum absolute atomic E-state index is 0.324. The number of aromatic nitrogens is 2. The molecule has 0 radical (unpaired) electrons. The molecule has 0 atom stereocenters. The van der Waals surface area contributed by atoms with Crippen LogP contribution in [0.4, 0.5) is 0 Å². The van der Waals surface area contributed by atoms with Crippen LogP contribution in [0.5, 0.6) is 0 Å². The van der Waals surface area contributed by atoms with Crippen molar-refractivity contribution in [2.75, 3.05) is 0 Å².